The van der Waals surface area contributed by atoms with E-state index in [1.165, 1.54) is 32.1 Å². The number of rotatable bonds is 5. The third kappa shape index (κ3) is 4.55. The van der Waals surface area contributed by atoms with Crippen LogP contribution >= 0.6 is 0 Å². The van der Waals surface area contributed by atoms with Crippen LogP contribution in [0.3, 0.4) is 0 Å². The molecule has 5 heteroatoms. The Morgan fingerprint density at radius 1 is 1.00 bits per heavy atom. The number of benzene rings is 1. The Balaban J connectivity index is 1.37. The van der Waals surface area contributed by atoms with E-state index in [9.17, 15) is 4.79 Å². The normalized spacial score (nSPS) is 23.2. The van der Waals surface area contributed by atoms with E-state index in [0.29, 0.717) is 17.8 Å². The van der Waals surface area contributed by atoms with Gasteiger partial charge >= 0.3 is 0 Å². The van der Waals surface area contributed by atoms with Crippen LogP contribution in [0.5, 0.6) is 0 Å². The summed E-state index contributed by atoms with van der Waals surface area (Å²) in [7, 11) is 0. The second-order valence-corrected chi connectivity index (χ2v) is 9.10. The molecule has 3 aromatic rings. The quantitative estimate of drug-likeness (QED) is 0.633. The van der Waals surface area contributed by atoms with Crippen LogP contribution < -0.4 is 5.32 Å². The molecule has 3 atom stereocenters. The molecule has 0 aliphatic heterocycles. The second-order valence-electron chi connectivity index (χ2n) is 9.10. The van der Waals surface area contributed by atoms with Crippen LogP contribution in [0.15, 0.2) is 61.1 Å². The van der Waals surface area contributed by atoms with Crippen LogP contribution in [0.1, 0.15) is 60.9 Å². The van der Waals surface area contributed by atoms with E-state index in [-0.39, 0.29) is 11.9 Å². The molecule has 2 aromatic heterocycles. The van der Waals surface area contributed by atoms with Gasteiger partial charge in [-0.1, -0.05) is 56.0 Å². The average Bonchev–Trinajstić information content (AvgIpc) is 3.24. The molecule has 2 fully saturated rings. The molecule has 31 heavy (non-hydrogen) atoms. The lowest BCUT2D eigenvalue weighted by Gasteiger charge is -2.39. The summed E-state index contributed by atoms with van der Waals surface area (Å²) in [5, 5.41) is 8.11. The molecule has 0 saturated heterocycles. The van der Waals surface area contributed by atoms with Crippen LogP contribution in [0.25, 0.3) is 11.3 Å². The highest BCUT2D eigenvalue weighted by Gasteiger charge is 2.33. The minimum atomic E-state index is -0.0163. The molecule has 2 aliphatic carbocycles. The van der Waals surface area contributed by atoms with Gasteiger partial charge in [-0.25, -0.2) is 0 Å². The summed E-state index contributed by atoms with van der Waals surface area (Å²) in [5.74, 6) is 1.64. The van der Waals surface area contributed by atoms with Gasteiger partial charge in [0.25, 0.3) is 5.91 Å². The molecule has 5 rings (SSSR count). The van der Waals surface area contributed by atoms with E-state index in [2.05, 4.69) is 22.4 Å². The number of nitrogens with zero attached hydrogens (tertiary/aromatic N) is 3. The predicted molar refractivity (Wildman–Crippen MR) is 122 cm³/mol. The molecular formula is C26H30N4O. The molecule has 0 bridgehead atoms. The highest BCUT2D eigenvalue weighted by molar-refractivity contribution is 5.99. The SMILES string of the molecule is O=C(NC1CCC2CCCCC2C1)c1cn(Cc2ccccc2)nc1-c1cccnc1. The van der Waals surface area contributed by atoms with Gasteiger partial charge in [0.2, 0.25) is 0 Å². The molecule has 5 nitrogen and oxygen atoms in total. The van der Waals surface area contributed by atoms with Crippen molar-refractivity contribution in [1.29, 1.82) is 0 Å². The van der Waals surface area contributed by atoms with Crippen molar-refractivity contribution in [3.63, 3.8) is 0 Å². The number of amides is 1. The first-order valence-electron chi connectivity index (χ1n) is 11.6. The van der Waals surface area contributed by atoms with Crippen molar-refractivity contribution in [1.82, 2.24) is 20.1 Å². The van der Waals surface area contributed by atoms with Crippen molar-refractivity contribution in [2.75, 3.05) is 0 Å². The maximum atomic E-state index is 13.3. The highest BCUT2D eigenvalue weighted by Crippen LogP contribution is 2.40. The Morgan fingerprint density at radius 3 is 2.65 bits per heavy atom. The van der Waals surface area contributed by atoms with E-state index >= 15 is 0 Å². The van der Waals surface area contributed by atoms with Crippen molar-refractivity contribution in [2.45, 2.75) is 57.5 Å². The summed E-state index contributed by atoms with van der Waals surface area (Å²) in [6, 6.07) is 14.3. The Hall–Kier alpha value is -2.95. The number of aromatic nitrogens is 3. The van der Waals surface area contributed by atoms with E-state index < -0.39 is 0 Å². The summed E-state index contributed by atoms with van der Waals surface area (Å²) in [6.07, 6.45) is 14.3. The Labute approximate surface area is 183 Å². The number of pyridine rings is 1. The van der Waals surface area contributed by atoms with Crippen molar-refractivity contribution in [2.24, 2.45) is 11.8 Å². The first-order chi connectivity index (χ1) is 15.3. The molecule has 3 unspecified atom stereocenters. The summed E-state index contributed by atoms with van der Waals surface area (Å²) in [5.41, 5.74) is 3.36. The van der Waals surface area contributed by atoms with Crippen LogP contribution in [-0.4, -0.2) is 26.7 Å². The van der Waals surface area contributed by atoms with Gasteiger partial charge < -0.3 is 5.32 Å². The molecule has 0 spiro atoms. The minimum absolute atomic E-state index is 0.0163. The van der Waals surface area contributed by atoms with Crippen molar-refractivity contribution >= 4 is 5.91 Å². The van der Waals surface area contributed by atoms with Gasteiger partial charge in [-0.3, -0.25) is 14.5 Å². The molecule has 1 N–H and O–H groups in total. The van der Waals surface area contributed by atoms with Crippen LogP contribution in [0, 0.1) is 11.8 Å². The van der Waals surface area contributed by atoms with E-state index in [0.717, 1.165) is 35.8 Å². The van der Waals surface area contributed by atoms with Crippen molar-refractivity contribution < 1.29 is 4.79 Å². The van der Waals surface area contributed by atoms with Gasteiger partial charge in [0, 0.05) is 30.2 Å². The van der Waals surface area contributed by atoms with Crippen molar-refractivity contribution in [3.05, 3.63) is 72.2 Å². The lowest BCUT2D eigenvalue weighted by atomic mass is 9.69. The first kappa shape index (κ1) is 20.0. The molecule has 2 saturated carbocycles. The first-order valence-corrected chi connectivity index (χ1v) is 11.6. The largest absolute Gasteiger partial charge is 0.349 e. The molecular weight excluding hydrogens is 384 g/mol. The smallest absolute Gasteiger partial charge is 0.255 e. The number of nitrogens with one attached hydrogen (secondary N) is 1. The van der Waals surface area contributed by atoms with Gasteiger partial charge in [0.1, 0.15) is 5.69 Å². The summed E-state index contributed by atoms with van der Waals surface area (Å²) < 4.78 is 1.87. The van der Waals surface area contributed by atoms with Gasteiger partial charge in [-0.15, -0.1) is 0 Å². The fourth-order valence-corrected chi connectivity index (χ4v) is 5.42. The molecule has 2 aliphatic rings. The Morgan fingerprint density at radius 2 is 1.84 bits per heavy atom. The maximum Gasteiger partial charge on any atom is 0.255 e. The summed E-state index contributed by atoms with van der Waals surface area (Å²) in [6.45, 7) is 0.633. The Kier molecular flexibility index (Phi) is 5.83. The zero-order valence-corrected chi connectivity index (χ0v) is 17.9. The zero-order chi connectivity index (χ0) is 21.0. The molecule has 2 heterocycles. The average molecular weight is 415 g/mol. The number of hydrogen-bond donors (Lipinski definition) is 1. The number of hydrogen-bond acceptors (Lipinski definition) is 3. The van der Waals surface area contributed by atoms with Gasteiger partial charge in [-0.05, 0) is 48.8 Å². The lowest BCUT2D eigenvalue weighted by Crippen LogP contribution is -2.41. The zero-order valence-electron chi connectivity index (χ0n) is 17.9. The molecule has 1 aromatic carbocycles. The monoisotopic (exact) mass is 414 g/mol. The van der Waals surface area contributed by atoms with Crippen LogP contribution in [0.2, 0.25) is 0 Å². The molecule has 0 radical (unpaired) electrons. The fraction of sp³-hybridized carbons (Fsp3) is 0.423. The number of carbonyl (C=O) groups excluding carboxylic acids is 1. The number of carbonyl (C=O) groups is 1. The van der Waals surface area contributed by atoms with E-state index in [1.54, 1.807) is 12.4 Å². The summed E-state index contributed by atoms with van der Waals surface area (Å²) in [4.78, 5) is 17.6. The van der Waals surface area contributed by atoms with E-state index in [1.807, 2.05) is 41.2 Å². The third-order valence-corrected chi connectivity index (χ3v) is 7.00. The molecule has 1 amide bonds. The van der Waals surface area contributed by atoms with Crippen molar-refractivity contribution in [3.8, 4) is 11.3 Å². The fourth-order valence-electron chi connectivity index (χ4n) is 5.42. The van der Waals surface area contributed by atoms with Gasteiger partial charge in [-0.2, -0.15) is 5.10 Å². The highest BCUT2D eigenvalue weighted by atomic mass is 16.1. The second kappa shape index (κ2) is 9.04. The maximum absolute atomic E-state index is 13.3. The lowest BCUT2D eigenvalue weighted by molar-refractivity contribution is 0.0880. The predicted octanol–water partition coefficient (Wildman–Crippen LogP) is 5.08. The van der Waals surface area contributed by atoms with Crippen LogP contribution in [-0.2, 0) is 6.54 Å². The standard InChI is InChI=1S/C26H30N4O/c31-26(28-23-13-12-20-9-4-5-10-21(20)15-23)24-18-30(17-19-7-2-1-3-8-19)29-25(24)22-11-6-14-27-16-22/h1-3,6-8,11,14,16,18,20-21,23H,4-5,9-10,12-13,15,17H2,(H,28,31). The van der Waals surface area contributed by atoms with Gasteiger partial charge in [0.15, 0.2) is 0 Å². The number of fused-ring (bicyclic) bond motifs is 1. The Bertz CT molecular complexity index is 1010. The van der Waals surface area contributed by atoms with Gasteiger partial charge in [0.05, 0.1) is 12.1 Å². The topological polar surface area (TPSA) is 59.8 Å². The van der Waals surface area contributed by atoms with Crippen LogP contribution in [0.4, 0.5) is 0 Å². The summed E-state index contributed by atoms with van der Waals surface area (Å²) >= 11 is 0. The minimum Gasteiger partial charge on any atom is -0.349 e. The van der Waals surface area contributed by atoms with E-state index in [4.69, 9.17) is 5.10 Å². The molecule has 160 valence electrons. The third-order valence-electron chi connectivity index (χ3n) is 7.00.